The number of methoxy groups -OCH3 is 2. The summed E-state index contributed by atoms with van der Waals surface area (Å²) in [4.78, 5) is 4.60. The molecule has 5 heteroatoms. The van der Waals surface area contributed by atoms with E-state index >= 15 is 0 Å². The molecule has 0 amide bonds. The van der Waals surface area contributed by atoms with Crippen LogP contribution in [0.4, 0.5) is 5.69 Å². The lowest BCUT2D eigenvalue weighted by atomic mass is 9.98. The quantitative estimate of drug-likeness (QED) is 0.644. The average molecular weight is 352 g/mol. The summed E-state index contributed by atoms with van der Waals surface area (Å²) in [6.45, 7) is 4.33. The summed E-state index contributed by atoms with van der Waals surface area (Å²) in [5.41, 5.74) is 8.34. The van der Waals surface area contributed by atoms with Crippen molar-refractivity contribution in [1.82, 2.24) is 4.98 Å². The minimum Gasteiger partial charge on any atom is -0.493 e. The average Bonchev–Trinajstić information content (AvgIpc) is 2.63. The number of fused-ring (bicyclic) bond motifs is 1. The third kappa shape index (κ3) is 3.52. The molecule has 136 valence electrons. The molecule has 3 aromatic rings. The molecule has 0 spiro atoms. The summed E-state index contributed by atoms with van der Waals surface area (Å²) in [5, 5.41) is 0.887. The van der Waals surface area contributed by atoms with Crippen molar-refractivity contribution in [3.05, 3.63) is 48.2 Å². The molecule has 26 heavy (non-hydrogen) atoms. The second-order valence-electron chi connectivity index (χ2n) is 6.56. The van der Waals surface area contributed by atoms with Gasteiger partial charge in [-0.2, -0.15) is 0 Å². The van der Waals surface area contributed by atoms with Crippen LogP contribution in [-0.2, 0) is 6.42 Å². The maximum absolute atomic E-state index is 6.09. The maximum Gasteiger partial charge on any atom is 0.166 e. The predicted molar refractivity (Wildman–Crippen MR) is 104 cm³/mol. The van der Waals surface area contributed by atoms with E-state index in [1.807, 2.05) is 36.4 Å². The van der Waals surface area contributed by atoms with Gasteiger partial charge in [0.15, 0.2) is 11.5 Å². The van der Waals surface area contributed by atoms with Crippen molar-refractivity contribution in [2.24, 2.45) is 5.92 Å². The zero-order chi connectivity index (χ0) is 18.7. The molecule has 5 nitrogen and oxygen atoms in total. The highest BCUT2D eigenvalue weighted by molar-refractivity contribution is 5.91. The van der Waals surface area contributed by atoms with Gasteiger partial charge in [0.1, 0.15) is 11.5 Å². The molecule has 0 aliphatic rings. The van der Waals surface area contributed by atoms with Crippen molar-refractivity contribution < 1.29 is 14.2 Å². The zero-order valence-electron chi connectivity index (χ0n) is 15.6. The van der Waals surface area contributed by atoms with Crippen LogP contribution in [0.2, 0.25) is 0 Å². The van der Waals surface area contributed by atoms with Gasteiger partial charge in [-0.15, -0.1) is 0 Å². The number of benzene rings is 2. The molecule has 0 fully saturated rings. The van der Waals surface area contributed by atoms with E-state index in [1.54, 1.807) is 20.4 Å². The Morgan fingerprint density at radius 3 is 2.35 bits per heavy atom. The standard InChI is InChI=1S/C21H24N2O3/c1-13(2)11-17-20-16(12-19(24-3)21(17)25-4)18(9-10-23-20)26-15-7-5-14(22)6-8-15/h5-10,12-13H,11,22H2,1-4H3. The van der Waals surface area contributed by atoms with E-state index in [0.717, 1.165) is 28.6 Å². The van der Waals surface area contributed by atoms with E-state index < -0.39 is 0 Å². The van der Waals surface area contributed by atoms with Crippen molar-refractivity contribution >= 4 is 16.6 Å². The molecule has 3 rings (SSSR count). The van der Waals surface area contributed by atoms with Crippen molar-refractivity contribution in [2.45, 2.75) is 20.3 Å². The first-order chi connectivity index (χ1) is 12.5. The molecule has 2 N–H and O–H groups in total. The minimum absolute atomic E-state index is 0.447. The lowest BCUT2D eigenvalue weighted by molar-refractivity contribution is 0.351. The Morgan fingerprint density at radius 1 is 1.00 bits per heavy atom. The van der Waals surface area contributed by atoms with Crippen LogP contribution >= 0.6 is 0 Å². The van der Waals surface area contributed by atoms with Crippen LogP contribution in [0.5, 0.6) is 23.0 Å². The largest absolute Gasteiger partial charge is 0.493 e. The van der Waals surface area contributed by atoms with Gasteiger partial charge >= 0.3 is 0 Å². The van der Waals surface area contributed by atoms with Crippen LogP contribution in [0.25, 0.3) is 10.9 Å². The summed E-state index contributed by atoms with van der Waals surface area (Å²) >= 11 is 0. The number of hydrogen-bond acceptors (Lipinski definition) is 5. The third-order valence-electron chi connectivity index (χ3n) is 4.15. The summed E-state index contributed by atoms with van der Waals surface area (Å²) < 4.78 is 17.3. The Labute approximate surface area is 153 Å². The molecule has 0 aliphatic heterocycles. The Bertz CT molecular complexity index is 905. The van der Waals surface area contributed by atoms with Gasteiger partial charge < -0.3 is 19.9 Å². The van der Waals surface area contributed by atoms with Gasteiger partial charge in [-0.1, -0.05) is 13.8 Å². The van der Waals surface area contributed by atoms with Crippen molar-refractivity contribution in [1.29, 1.82) is 0 Å². The van der Waals surface area contributed by atoms with E-state index in [1.165, 1.54) is 0 Å². The molecule has 0 aliphatic carbocycles. The molecule has 2 aromatic carbocycles. The lowest BCUT2D eigenvalue weighted by Crippen LogP contribution is -2.03. The van der Waals surface area contributed by atoms with Gasteiger partial charge in [-0.3, -0.25) is 4.98 Å². The first-order valence-corrected chi connectivity index (χ1v) is 8.59. The fourth-order valence-corrected chi connectivity index (χ4v) is 3.01. The molecule has 0 saturated carbocycles. The molecule has 0 bridgehead atoms. The highest BCUT2D eigenvalue weighted by atomic mass is 16.5. The number of nitrogens with two attached hydrogens (primary N) is 1. The van der Waals surface area contributed by atoms with E-state index in [2.05, 4.69) is 18.8 Å². The number of rotatable bonds is 6. The fourth-order valence-electron chi connectivity index (χ4n) is 3.01. The van der Waals surface area contributed by atoms with Crippen molar-refractivity contribution in [3.8, 4) is 23.0 Å². The van der Waals surface area contributed by atoms with E-state index in [4.69, 9.17) is 19.9 Å². The Balaban J connectivity index is 2.17. The van der Waals surface area contributed by atoms with Gasteiger partial charge in [0, 0.05) is 22.8 Å². The number of anilines is 1. The fraction of sp³-hybridized carbons (Fsp3) is 0.286. The molecule has 1 heterocycles. The van der Waals surface area contributed by atoms with Gasteiger partial charge in [0.25, 0.3) is 0 Å². The predicted octanol–water partition coefficient (Wildman–Crippen LogP) is 4.83. The first kappa shape index (κ1) is 17.9. The van der Waals surface area contributed by atoms with Gasteiger partial charge in [-0.25, -0.2) is 0 Å². The third-order valence-corrected chi connectivity index (χ3v) is 4.15. The number of nitrogens with zero attached hydrogens (tertiary/aromatic N) is 1. The number of ether oxygens (including phenoxy) is 3. The summed E-state index contributed by atoms with van der Waals surface area (Å²) in [5.74, 6) is 3.27. The Kier molecular flexibility index (Phi) is 5.16. The summed E-state index contributed by atoms with van der Waals surface area (Å²) in [7, 11) is 3.29. The number of aromatic nitrogens is 1. The van der Waals surface area contributed by atoms with Gasteiger partial charge in [0.05, 0.1) is 19.7 Å². The van der Waals surface area contributed by atoms with Crippen LogP contribution in [0.15, 0.2) is 42.6 Å². The van der Waals surface area contributed by atoms with Crippen LogP contribution in [0, 0.1) is 5.92 Å². The Morgan fingerprint density at radius 2 is 1.73 bits per heavy atom. The SMILES string of the molecule is COc1cc2c(Oc3ccc(N)cc3)ccnc2c(CC(C)C)c1OC. The second-order valence-corrected chi connectivity index (χ2v) is 6.56. The normalized spacial score (nSPS) is 11.0. The lowest BCUT2D eigenvalue weighted by Gasteiger charge is -2.18. The van der Waals surface area contributed by atoms with E-state index in [9.17, 15) is 0 Å². The van der Waals surface area contributed by atoms with Crippen LogP contribution in [-0.4, -0.2) is 19.2 Å². The van der Waals surface area contributed by atoms with Crippen molar-refractivity contribution in [2.75, 3.05) is 20.0 Å². The van der Waals surface area contributed by atoms with Crippen LogP contribution < -0.4 is 19.9 Å². The van der Waals surface area contributed by atoms with Crippen LogP contribution in [0.1, 0.15) is 19.4 Å². The first-order valence-electron chi connectivity index (χ1n) is 8.59. The summed E-state index contributed by atoms with van der Waals surface area (Å²) in [6.07, 6.45) is 2.58. The molecule has 0 unspecified atom stereocenters. The number of hydrogen-bond donors (Lipinski definition) is 1. The number of nitrogen functional groups attached to an aromatic ring is 1. The van der Waals surface area contributed by atoms with Gasteiger partial charge in [0.2, 0.25) is 0 Å². The summed E-state index contributed by atoms with van der Waals surface area (Å²) in [6, 6.07) is 11.1. The molecular weight excluding hydrogens is 328 g/mol. The minimum atomic E-state index is 0.447. The second kappa shape index (κ2) is 7.52. The molecule has 0 radical (unpaired) electrons. The molecule has 0 atom stereocenters. The van der Waals surface area contributed by atoms with E-state index in [0.29, 0.717) is 28.9 Å². The van der Waals surface area contributed by atoms with Gasteiger partial charge in [-0.05, 0) is 48.7 Å². The topological polar surface area (TPSA) is 66.6 Å². The highest BCUT2D eigenvalue weighted by Crippen LogP contribution is 2.41. The maximum atomic E-state index is 6.09. The van der Waals surface area contributed by atoms with E-state index in [-0.39, 0.29) is 0 Å². The number of pyridine rings is 1. The molecule has 1 aromatic heterocycles. The molecular formula is C21H24N2O3. The smallest absolute Gasteiger partial charge is 0.166 e. The monoisotopic (exact) mass is 352 g/mol. The zero-order valence-corrected chi connectivity index (χ0v) is 15.6. The highest BCUT2D eigenvalue weighted by Gasteiger charge is 2.19. The van der Waals surface area contributed by atoms with Crippen molar-refractivity contribution in [3.63, 3.8) is 0 Å². The molecule has 0 saturated heterocycles. The van der Waals surface area contributed by atoms with Crippen LogP contribution in [0.3, 0.4) is 0 Å². The Hall–Kier alpha value is -2.95.